The summed E-state index contributed by atoms with van der Waals surface area (Å²) >= 11 is 1.54. The Balaban J connectivity index is 1.95. The van der Waals surface area contributed by atoms with Crippen LogP contribution in [0.3, 0.4) is 0 Å². The van der Waals surface area contributed by atoms with Crippen molar-refractivity contribution in [1.82, 2.24) is 9.78 Å². The van der Waals surface area contributed by atoms with Crippen LogP contribution >= 0.6 is 11.3 Å². The Hall–Kier alpha value is -2.73. The SMILES string of the molecule is Cc1cc(C)cc(NC(=O)C(C)(C)n2nc(-c3cccs3)ccc2=O)c1. The summed E-state index contributed by atoms with van der Waals surface area (Å²) in [6.07, 6.45) is 0. The molecule has 0 radical (unpaired) electrons. The largest absolute Gasteiger partial charge is 0.324 e. The van der Waals surface area contributed by atoms with Gasteiger partial charge in [-0.3, -0.25) is 9.59 Å². The van der Waals surface area contributed by atoms with Crippen molar-refractivity contribution in [3.63, 3.8) is 0 Å². The fourth-order valence-corrected chi connectivity index (χ4v) is 3.48. The number of aryl methyl sites for hydroxylation is 2. The number of aromatic nitrogens is 2. The van der Waals surface area contributed by atoms with Gasteiger partial charge in [-0.15, -0.1) is 11.3 Å². The molecule has 0 bridgehead atoms. The Morgan fingerprint density at radius 2 is 1.81 bits per heavy atom. The molecule has 2 heterocycles. The van der Waals surface area contributed by atoms with Crippen LogP contribution in [0.2, 0.25) is 0 Å². The maximum atomic E-state index is 12.9. The molecule has 3 aromatic rings. The van der Waals surface area contributed by atoms with Crippen molar-refractivity contribution in [2.45, 2.75) is 33.2 Å². The maximum Gasteiger partial charge on any atom is 0.267 e. The lowest BCUT2D eigenvalue weighted by atomic mass is 10.0. The van der Waals surface area contributed by atoms with E-state index in [-0.39, 0.29) is 11.5 Å². The lowest BCUT2D eigenvalue weighted by Crippen LogP contribution is -2.47. The van der Waals surface area contributed by atoms with E-state index in [1.807, 2.05) is 49.6 Å². The third-order valence-electron chi connectivity index (χ3n) is 4.14. The van der Waals surface area contributed by atoms with Crippen LogP contribution in [0, 0.1) is 13.8 Å². The third-order valence-corrected chi connectivity index (χ3v) is 5.03. The molecule has 0 fully saturated rings. The Morgan fingerprint density at radius 1 is 1.12 bits per heavy atom. The minimum atomic E-state index is -1.14. The second-order valence-electron chi connectivity index (χ2n) is 6.84. The molecule has 0 saturated carbocycles. The quantitative estimate of drug-likeness (QED) is 0.759. The molecule has 1 amide bonds. The van der Waals surface area contributed by atoms with Crippen molar-refractivity contribution in [2.24, 2.45) is 0 Å². The molecule has 6 heteroatoms. The first-order chi connectivity index (χ1) is 12.3. The van der Waals surface area contributed by atoms with Crippen molar-refractivity contribution in [1.29, 1.82) is 0 Å². The van der Waals surface area contributed by atoms with Gasteiger partial charge >= 0.3 is 0 Å². The number of hydrogen-bond donors (Lipinski definition) is 1. The van der Waals surface area contributed by atoms with E-state index < -0.39 is 5.54 Å². The Labute approximate surface area is 156 Å². The predicted octanol–water partition coefficient (Wildman–Crippen LogP) is 3.96. The normalized spacial score (nSPS) is 11.4. The molecule has 2 aromatic heterocycles. The van der Waals surface area contributed by atoms with Crippen LogP contribution in [0.5, 0.6) is 0 Å². The van der Waals surface area contributed by atoms with Gasteiger partial charge in [0.25, 0.3) is 11.5 Å². The summed E-state index contributed by atoms with van der Waals surface area (Å²) in [6, 6.07) is 12.8. The van der Waals surface area contributed by atoms with E-state index in [1.165, 1.54) is 22.1 Å². The number of carbonyl (C=O) groups is 1. The summed E-state index contributed by atoms with van der Waals surface area (Å²) in [5.41, 5.74) is 2.06. The Morgan fingerprint density at radius 3 is 2.42 bits per heavy atom. The molecule has 0 atom stereocenters. The van der Waals surface area contributed by atoms with Crippen molar-refractivity contribution in [3.05, 3.63) is 69.3 Å². The minimum Gasteiger partial charge on any atom is -0.324 e. The van der Waals surface area contributed by atoms with Gasteiger partial charge in [-0.05, 0) is 68.5 Å². The molecular formula is C20H21N3O2S. The van der Waals surface area contributed by atoms with Crippen LogP contribution in [0.25, 0.3) is 10.6 Å². The van der Waals surface area contributed by atoms with E-state index in [9.17, 15) is 9.59 Å². The minimum absolute atomic E-state index is 0.291. The number of benzene rings is 1. The molecule has 0 aliphatic heterocycles. The lowest BCUT2D eigenvalue weighted by molar-refractivity contribution is -0.123. The van der Waals surface area contributed by atoms with Gasteiger partial charge < -0.3 is 5.32 Å². The standard InChI is InChI=1S/C20H21N3O2S/c1-13-10-14(2)12-15(11-13)21-19(25)20(3,4)23-18(24)8-7-16(22-23)17-6-5-9-26-17/h5-12H,1-4H3,(H,21,25). The van der Waals surface area contributed by atoms with E-state index >= 15 is 0 Å². The molecule has 0 aliphatic rings. The van der Waals surface area contributed by atoms with E-state index in [2.05, 4.69) is 10.4 Å². The highest BCUT2D eigenvalue weighted by molar-refractivity contribution is 7.13. The highest BCUT2D eigenvalue weighted by Gasteiger charge is 2.32. The molecule has 26 heavy (non-hydrogen) atoms. The van der Waals surface area contributed by atoms with Gasteiger partial charge in [0, 0.05) is 11.8 Å². The summed E-state index contributed by atoms with van der Waals surface area (Å²) in [7, 11) is 0. The van der Waals surface area contributed by atoms with Crippen molar-refractivity contribution >= 4 is 22.9 Å². The average molecular weight is 367 g/mol. The number of nitrogens with zero attached hydrogens (tertiary/aromatic N) is 2. The third kappa shape index (κ3) is 3.60. The van der Waals surface area contributed by atoms with Crippen molar-refractivity contribution in [2.75, 3.05) is 5.32 Å². The van der Waals surface area contributed by atoms with Gasteiger partial charge in [0.1, 0.15) is 11.2 Å². The van der Waals surface area contributed by atoms with Crippen LogP contribution in [0.15, 0.2) is 52.6 Å². The van der Waals surface area contributed by atoms with Crippen LogP contribution in [0.4, 0.5) is 5.69 Å². The predicted molar refractivity (Wildman–Crippen MR) is 106 cm³/mol. The number of carbonyl (C=O) groups excluding carboxylic acids is 1. The summed E-state index contributed by atoms with van der Waals surface area (Å²) in [4.78, 5) is 26.2. The molecule has 0 aliphatic carbocycles. The topological polar surface area (TPSA) is 64.0 Å². The van der Waals surface area contributed by atoms with Crippen molar-refractivity contribution < 1.29 is 4.79 Å². The molecule has 1 N–H and O–H groups in total. The number of hydrogen-bond acceptors (Lipinski definition) is 4. The molecule has 0 spiro atoms. The summed E-state index contributed by atoms with van der Waals surface area (Å²) in [6.45, 7) is 7.34. The first-order valence-electron chi connectivity index (χ1n) is 8.32. The smallest absolute Gasteiger partial charge is 0.267 e. The monoisotopic (exact) mass is 367 g/mol. The van der Waals surface area contributed by atoms with Crippen LogP contribution in [0.1, 0.15) is 25.0 Å². The number of thiophene rings is 1. The van der Waals surface area contributed by atoms with Crippen LogP contribution in [-0.2, 0) is 10.3 Å². The Bertz CT molecular complexity index is 984. The van der Waals surface area contributed by atoms with E-state index in [0.717, 1.165) is 16.0 Å². The second-order valence-corrected chi connectivity index (χ2v) is 7.78. The molecular weight excluding hydrogens is 346 g/mol. The van der Waals surface area contributed by atoms with E-state index in [0.29, 0.717) is 11.4 Å². The second kappa shape index (κ2) is 6.88. The average Bonchev–Trinajstić information content (AvgIpc) is 3.08. The molecule has 3 rings (SSSR count). The molecule has 134 valence electrons. The molecule has 1 aromatic carbocycles. The highest BCUT2D eigenvalue weighted by atomic mass is 32.1. The number of nitrogens with one attached hydrogen (secondary N) is 1. The zero-order chi connectivity index (χ0) is 18.9. The zero-order valence-electron chi connectivity index (χ0n) is 15.2. The van der Waals surface area contributed by atoms with Gasteiger partial charge in [0.05, 0.1) is 4.88 Å². The first-order valence-corrected chi connectivity index (χ1v) is 9.20. The summed E-state index contributed by atoms with van der Waals surface area (Å²) in [5.74, 6) is -0.291. The fraction of sp³-hybridized carbons (Fsp3) is 0.250. The zero-order valence-corrected chi connectivity index (χ0v) is 16.1. The van der Waals surface area contributed by atoms with Gasteiger partial charge in [0.15, 0.2) is 0 Å². The van der Waals surface area contributed by atoms with Gasteiger partial charge in [0.2, 0.25) is 0 Å². The van der Waals surface area contributed by atoms with Crippen LogP contribution < -0.4 is 10.9 Å². The van der Waals surface area contributed by atoms with E-state index in [1.54, 1.807) is 19.9 Å². The van der Waals surface area contributed by atoms with Gasteiger partial charge in [-0.2, -0.15) is 5.10 Å². The van der Waals surface area contributed by atoms with Gasteiger partial charge in [-0.1, -0.05) is 12.1 Å². The molecule has 0 saturated heterocycles. The summed E-state index contributed by atoms with van der Waals surface area (Å²) < 4.78 is 1.25. The van der Waals surface area contributed by atoms with E-state index in [4.69, 9.17) is 0 Å². The Kier molecular flexibility index (Phi) is 4.78. The molecule has 0 unspecified atom stereocenters. The highest BCUT2D eigenvalue weighted by Crippen LogP contribution is 2.23. The summed E-state index contributed by atoms with van der Waals surface area (Å²) in [5, 5.41) is 9.29. The molecule has 5 nitrogen and oxygen atoms in total. The van der Waals surface area contributed by atoms with Gasteiger partial charge in [-0.25, -0.2) is 4.68 Å². The van der Waals surface area contributed by atoms with Crippen molar-refractivity contribution in [3.8, 4) is 10.6 Å². The number of anilines is 1. The lowest BCUT2D eigenvalue weighted by Gasteiger charge is -2.25. The number of amides is 1. The number of rotatable bonds is 4. The fourth-order valence-electron chi connectivity index (χ4n) is 2.79. The maximum absolute atomic E-state index is 12.9. The van der Waals surface area contributed by atoms with Crippen LogP contribution in [-0.4, -0.2) is 15.7 Å². The first kappa shape index (κ1) is 18.1.